The molecule has 10 rings (SSSR count). The highest BCUT2D eigenvalue weighted by molar-refractivity contribution is 5.15. The van der Waals surface area contributed by atoms with Gasteiger partial charge in [0.1, 0.15) is 91.6 Å². The zero-order valence-corrected chi connectivity index (χ0v) is 41.7. The van der Waals surface area contributed by atoms with Gasteiger partial charge in [0.05, 0.1) is 45.2 Å². The van der Waals surface area contributed by atoms with E-state index in [-0.39, 0.29) is 23.0 Å². The zero-order chi connectivity index (χ0) is 51.3. The summed E-state index contributed by atoms with van der Waals surface area (Å²) in [5.41, 5.74) is 0.293. The van der Waals surface area contributed by atoms with Gasteiger partial charge in [-0.1, -0.05) is 27.7 Å². The van der Waals surface area contributed by atoms with Crippen LogP contribution in [0.25, 0.3) is 0 Å². The van der Waals surface area contributed by atoms with Gasteiger partial charge in [-0.2, -0.15) is 0 Å². The summed E-state index contributed by atoms with van der Waals surface area (Å²) in [6, 6.07) is 0. The largest absolute Gasteiger partial charge is 0.394 e. The van der Waals surface area contributed by atoms with Crippen LogP contribution in [-0.2, 0) is 47.4 Å². The normalized spacial score (nSPS) is 57.8. The van der Waals surface area contributed by atoms with Crippen LogP contribution in [0.15, 0.2) is 0 Å². The molecule has 414 valence electrons. The summed E-state index contributed by atoms with van der Waals surface area (Å²) >= 11 is 0. The standard InChI is InChI=1S/C50H82O22/c1-20-7-12-50(64-18-20)21(2)32-28(72-50)14-26-24-6-5-22-13-23(8-10-48(22,3)25(24)9-11-49(26,32)4)65-45-40(62)37(59)41(31(17-53)68-45)69-47-43(71-46-39(61)36(58)34(56)29(15-51)66-46)42(35(57)30(16-52)67-47)70-44-38(60)33(55)27(54)19-63-44/h20-47,51-62H,5-19H2,1-4H3/t20-,21-,22-,23?,24+,25-,26-,27+,28-,29+,30+,31+,32-,33-,34+,35+,36-,37+,38+,39+,40+,41-,42-,43+,44-,45+,46-,47-,48-,49-,50+/m0/s1. The lowest BCUT2D eigenvalue weighted by Gasteiger charge is -2.61. The van der Waals surface area contributed by atoms with Gasteiger partial charge in [0.2, 0.25) is 0 Å². The molecule has 0 bridgehead atoms. The summed E-state index contributed by atoms with van der Waals surface area (Å²) in [6.45, 7) is 7.42. The van der Waals surface area contributed by atoms with E-state index in [2.05, 4.69) is 27.7 Å². The monoisotopic (exact) mass is 1030 g/mol. The second-order valence-corrected chi connectivity index (χ2v) is 23.9. The molecule has 22 heteroatoms. The molecule has 6 heterocycles. The van der Waals surface area contributed by atoms with E-state index in [0.717, 1.165) is 51.6 Å². The molecule has 0 aromatic rings. The average Bonchev–Trinajstić information content (AvgIpc) is 3.82. The van der Waals surface area contributed by atoms with Crippen molar-refractivity contribution in [2.45, 2.75) is 227 Å². The quantitative estimate of drug-likeness (QED) is 0.0971. The summed E-state index contributed by atoms with van der Waals surface area (Å²) in [7, 11) is 0. The Morgan fingerprint density at radius 3 is 1.85 bits per heavy atom. The Balaban J connectivity index is 0.812. The van der Waals surface area contributed by atoms with Gasteiger partial charge in [0.15, 0.2) is 30.9 Å². The molecule has 10 aliphatic rings. The second-order valence-electron chi connectivity index (χ2n) is 23.9. The maximum atomic E-state index is 11.8. The van der Waals surface area contributed by atoms with E-state index in [9.17, 15) is 61.3 Å². The molecule has 6 aliphatic heterocycles. The van der Waals surface area contributed by atoms with Crippen LogP contribution >= 0.6 is 0 Å². The molecule has 31 atom stereocenters. The van der Waals surface area contributed by atoms with E-state index in [4.69, 9.17) is 47.4 Å². The van der Waals surface area contributed by atoms with E-state index < -0.39 is 149 Å². The van der Waals surface area contributed by atoms with Crippen molar-refractivity contribution in [2.24, 2.45) is 52.3 Å². The molecule has 4 saturated carbocycles. The smallest absolute Gasteiger partial charge is 0.187 e. The molecule has 0 aromatic carbocycles. The fraction of sp³-hybridized carbons (Fsp3) is 1.00. The van der Waals surface area contributed by atoms with Crippen LogP contribution < -0.4 is 0 Å². The SMILES string of the molecule is C[C@H]1CC[C@@]2(OC1)O[C@H]1C[C@H]3[C@@H]4CC[C@H]5CC(O[C@@H]6O[C@H](CO)[C@H](O[C@@H]7O[C@H](CO)[C@@H](O)[C@H](O[C@@H]8OC[C@@H](O)[C@H](O)[C@H]8O)[C@H]7O[C@@H]7O[C@H](CO)[C@@H](O)[C@H](O)[C@H]7O)[C@H](O)[C@H]6O)CC[C@]5(C)[C@H]4CC[C@]3(C)[C@H]1[C@@H]2C. The fourth-order valence-corrected chi connectivity index (χ4v) is 15.9. The van der Waals surface area contributed by atoms with Gasteiger partial charge in [-0.3, -0.25) is 0 Å². The van der Waals surface area contributed by atoms with Gasteiger partial charge < -0.3 is 109 Å². The lowest BCUT2D eigenvalue weighted by molar-refractivity contribution is -0.404. The number of hydrogen-bond acceptors (Lipinski definition) is 22. The molecule has 4 aliphatic carbocycles. The molecule has 1 unspecified atom stereocenters. The van der Waals surface area contributed by atoms with Gasteiger partial charge in [-0.15, -0.1) is 0 Å². The highest BCUT2D eigenvalue weighted by Crippen LogP contribution is 2.71. The maximum absolute atomic E-state index is 11.8. The first-order chi connectivity index (χ1) is 34.3. The predicted octanol–water partition coefficient (Wildman–Crippen LogP) is -2.27. The van der Waals surface area contributed by atoms with Crippen molar-refractivity contribution in [3.63, 3.8) is 0 Å². The molecule has 0 aromatic heterocycles. The Kier molecular flexibility index (Phi) is 15.9. The topological polar surface area (TPSA) is 335 Å². The number of aliphatic hydroxyl groups is 12. The first-order valence-electron chi connectivity index (χ1n) is 26.7. The van der Waals surface area contributed by atoms with Crippen LogP contribution in [-0.4, -0.2) is 229 Å². The van der Waals surface area contributed by atoms with Crippen LogP contribution in [0.3, 0.4) is 0 Å². The Labute approximate surface area is 419 Å². The van der Waals surface area contributed by atoms with Crippen LogP contribution in [0.2, 0.25) is 0 Å². The van der Waals surface area contributed by atoms with Crippen molar-refractivity contribution >= 4 is 0 Å². The van der Waals surface area contributed by atoms with E-state index in [1.807, 2.05) is 0 Å². The number of aliphatic hydroxyl groups excluding tert-OH is 12. The minimum Gasteiger partial charge on any atom is -0.394 e. The van der Waals surface area contributed by atoms with Gasteiger partial charge in [0, 0.05) is 12.3 Å². The summed E-state index contributed by atoms with van der Waals surface area (Å²) in [5.74, 6) is 3.06. The molecular weight excluding hydrogens is 953 g/mol. The molecule has 6 saturated heterocycles. The van der Waals surface area contributed by atoms with Gasteiger partial charge in [0.25, 0.3) is 0 Å². The minimum atomic E-state index is -2.00. The lowest BCUT2D eigenvalue weighted by atomic mass is 9.44. The Morgan fingerprint density at radius 2 is 1.14 bits per heavy atom. The van der Waals surface area contributed by atoms with E-state index >= 15 is 0 Å². The van der Waals surface area contributed by atoms with Crippen LogP contribution in [0.5, 0.6) is 0 Å². The van der Waals surface area contributed by atoms with Gasteiger partial charge in [-0.25, -0.2) is 0 Å². The highest BCUT2D eigenvalue weighted by atomic mass is 16.8. The Bertz CT molecular complexity index is 1830. The van der Waals surface area contributed by atoms with E-state index in [0.29, 0.717) is 47.8 Å². The van der Waals surface area contributed by atoms with Gasteiger partial charge >= 0.3 is 0 Å². The van der Waals surface area contributed by atoms with E-state index in [1.54, 1.807) is 0 Å². The van der Waals surface area contributed by atoms with Crippen molar-refractivity contribution < 1.29 is 109 Å². The van der Waals surface area contributed by atoms with Crippen LogP contribution in [0, 0.1) is 52.3 Å². The molecule has 0 radical (unpaired) electrons. The molecule has 12 N–H and O–H groups in total. The van der Waals surface area contributed by atoms with Crippen LogP contribution in [0.1, 0.15) is 91.9 Å². The summed E-state index contributed by atoms with van der Waals surface area (Å²) in [4.78, 5) is 0. The zero-order valence-electron chi connectivity index (χ0n) is 41.7. The fourth-order valence-electron chi connectivity index (χ4n) is 15.9. The average molecular weight is 1040 g/mol. The molecule has 72 heavy (non-hydrogen) atoms. The molecule has 10 fully saturated rings. The summed E-state index contributed by atoms with van der Waals surface area (Å²) < 4.78 is 61.4. The van der Waals surface area contributed by atoms with Crippen molar-refractivity contribution in [2.75, 3.05) is 33.0 Å². The first kappa shape index (κ1) is 54.5. The maximum Gasteiger partial charge on any atom is 0.187 e. The summed E-state index contributed by atoms with van der Waals surface area (Å²) in [6.07, 6.45) is -22.9. The second kappa shape index (κ2) is 21.1. The number of ether oxygens (including phenoxy) is 10. The lowest BCUT2D eigenvalue weighted by Crippen LogP contribution is -2.68. The third kappa shape index (κ3) is 9.26. The van der Waals surface area contributed by atoms with Crippen molar-refractivity contribution in [3.8, 4) is 0 Å². The van der Waals surface area contributed by atoms with Gasteiger partial charge in [-0.05, 0) is 104 Å². The summed E-state index contributed by atoms with van der Waals surface area (Å²) in [5, 5.41) is 129. The van der Waals surface area contributed by atoms with Crippen LogP contribution in [0.4, 0.5) is 0 Å². The molecule has 22 nitrogen and oxygen atoms in total. The number of hydrogen-bond donors (Lipinski definition) is 12. The predicted molar refractivity (Wildman–Crippen MR) is 242 cm³/mol. The van der Waals surface area contributed by atoms with E-state index in [1.165, 1.54) is 12.8 Å². The van der Waals surface area contributed by atoms with Crippen molar-refractivity contribution in [1.29, 1.82) is 0 Å². The third-order valence-corrected chi connectivity index (χ3v) is 20.0. The minimum absolute atomic E-state index is 0.0916. The van der Waals surface area contributed by atoms with Crippen molar-refractivity contribution in [3.05, 3.63) is 0 Å². The Morgan fingerprint density at radius 1 is 0.514 bits per heavy atom. The third-order valence-electron chi connectivity index (χ3n) is 20.0. The molecule has 1 spiro atoms. The Hall–Kier alpha value is -0.880. The highest BCUT2D eigenvalue weighted by Gasteiger charge is 2.69. The molecular formula is C50H82O22. The van der Waals surface area contributed by atoms with Crippen molar-refractivity contribution in [1.82, 2.24) is 0 Å². The number of rotatable bonds is 11. The number of fused-ring (bicyclic) bond motifs is 7. The molecule has 0 amide bonds. The first-order valence-corrected chi connectivity index (χ1v) is 26.7.